The Kier molecular flexibility index (Phi) is 6.74. The molecule has 0 bridgehead atoms. The fourth-order valence-electron chi connectivity index (χ4n) is 3.65. The van der Waals surface area contributed by atoms with E-state index in [0.717, 1.165) is 0 Å². The van der Waals surface area contributed by atoms with Crippen LogP contribution < -0.4 is 4.74 Å². The molecule has 9 nitrogen and oxygen atoms in total. The molecule has 0 saturated carbocycles. The van der Waals surface area contributed by atoms with Crippen LogP contribution in [-0.4, -0.2) is 87.6 Å². The molecule has 1 amide bonds. The minimum absolute atomic E-state index is 0.256. The highest BCUT2D eigenvalue weighted by Crippen LogP contribution is 2.25. The third-order valence-corrected chi connectivity index (χ3v) is 5.24. The number of fused-ring (bicyclic) bond motifs is 1. The van der Waals surface area contributed by atoms with E-state index in [0.29, 0.717) is 48.7 Å². The number of hydrogen-bond acceptors (Lipinski definition) is 7. The summed E-state index contributed by atoms with van der Waals surface area (Å²) < 4.78 is 11.0. The average Bonchev–Trinajstić information content (AvgIpc) is 2.70. The van der Waals surface area contributed by atoms with Crippen molar-refractivity contribution < 1.29 is 24.5 Å². The molecule has 9 heteroatoms. The first-order chi connectivity index (χ1) is 14.2. The van der Waals surface area contributed by atoms with Crippen LogP contribution in [0.1, 0.15) is 32.4 Å². The van der Waals surface area contributed by atoms with Gasteiger partial charge < -0.3 is 24.6 Å². The zero-order valence-corrected chi connectivity index (χ0v) is 17.9. The van der Waals surface area contributed by atoms with Crippen molar-refractivity contribution in [1.29, 1.82) is 0 Å². The van der Waals surface area contributed by atoms with Gasteiger partial charge >= 0.3 is 6.09 Å². The molecule has 0 aliphatic carbocycles. The second-order valence-corrected chi connectivity index (χ2v) is 8.45. The molecule has 1 aliphatic heterocycles. The summed E-state index contributed by atoms with van der Waals surface area (Å²) in [6.45, 7) is 7.94. The van der Waals surface area contributed by atoms with Crippen molar-refractivity contribution in [3.05, 3.63) is 30.0 Å². The van der Waals surface area contributed by atoms with Crippen LogP contribution in [-0.2, 0) is 4.74 Å². The van der Waals surface area contributed by atoms with Gasteiger partial charge in [-0.15, -0.1) is 0 Å². The van der Waals surface area contributed by atoms with Gasteiger partial charge in [0.2, 0.25) is 5.88 Å². The van der Waals surface area contributed by atoms with E-state index in [1.54, 1.807) is 25.4 Å². The molecule has 1 fully saturated rings. The number of morpholine rings is 1. The van der Waals surface area contributed by atoms with Gasteiger partial charge in [0.25, 0.3) is 0 Å². The molecule has 2 N–H and O–H groups in total. The largest absolute Gasteiger partial charge is 0.481 e. The molecule has 164 valence electrons. The van der Waals surface area contributed by atoms with Gasteiger partial charge in [0.1, 0.15) is 0 Å². The van der Waals surface area contributed by atoms with Crippen LogP contribution >= 0.6 is 0 Å². The van der Waals surface area contributed by atoms with E-state index in [9.17, 15) is 15.0 Å². The lowest BCUT2D eigenvalue weighted by atomic mass is 10.1. The summed E-state index contributed by atoms with van der Waals surface area (Å²) in [5.74, 6) is 0.464. The van der Waals surface area contributed by atoms with Crippen LogP contribution in [0.15, 0.2) is 24.4 Å². The van der Waals surface area contributed by atoms with Crippen LogP contribution in [0, 0.1) is 0 Å². The van der Waals surface area contributed by atoms with Gasteiger partial charge in [-0.05, 0) is 32.9 Å². The van der Waals surface area contributed by atoms with Gasteiger partial charge in [-0.3, -0.25) is 9.88 Å². The third kappa shape index (κ3) is 5.16. The minimum atomic E-state index is -0.966. The lowest BCUT2D eigenvalue weighted by Crippen LogP contribution is -2.53. The molecule has 1 aliphatic rings. The highest BCUT2D eigenvalue weighted by Gasteiger charge is 2.32. The monoisotopic (exact) mass is 418 g/mol. The smallest absolute Gasteiger partial charge is 0.407 e. The fourth-order valence-corrected chi connectivity index (χ4v) is 3.65. The van der Waals surface area contributed by atoms with Crippen LogP contribution in [0.4, 0.5) is 4.79 Å². The zero-order chi connectivity index (χ0) is 21.9. The number of carboxylic acid groups (broad SMARTS) is 1. The van der Waals surface area contributed by atoms with E-state index in [4.69, 9.17) is 9.47 Å². The molecule has 0 radical (unpaired) electrons. The molecule has 1 saturated heterocycles. The standard InChI is InChI=1S/C21H30N4O5/c1-21(2,3)25(20(27)28)12-14-11-24(9-10-30-14)13-17(26)15-7-8-22-16-5-6-18(29-4)23-19(15)16/h5-8,14,17,26H,9-13H2,1-4H3,(H,27,28)/t14-,17-/m1/s1. The van der Waals surface area contributed by atoms with Gasteiger partial charge in [0, 0.05) is 43.0 Å². The molecule has 3 heterocycles. The lowest BCUT2D eigenvalue weighted by Gasteiger charge is -2.39. The SMILES string of the molecule is COc1ccc2nccc([C@H](O)CN3CCO[C@@H](CN(C(=O)O)C(C)(C)C)C3)c2n1. The van der Waals surface area contributed by atoms with Gasteiger partial charge in [-0.25, -0.2) is 9.78 Å². The Hall–Kier alpha value is -2.49. The number of aliphatic hydroxyl groups excluding tert-OH is 1. The second kappa shape index (κ2) is 9.11. The normalized spacial score (nSPS) is 18.9. The zero-order valence-electron chi connectivity index (χ0n) is 17.9. The van der Waals surface area contributed by atoms with E-state index in [-0.39, 0.29) is 12.6 Å². The van der Waals surface area contributed by atoms with Crippen LogP contribution in [0.5, 0.6) is 5.88 Å². The first-order valence-corrected chi connectivity index (χ1v) is 10.0. The van der Waals surface area contributed by atoms with Crippen LogP contribution in [0.25, 0.3) is 11.0 Å². The molecular weight excluding hydrogens is 388 g/mol. The number of rotatable bonds is 6. The summed E-state index contributed by atoms with van der Waals surface area (Å²) in [5.41, 5.74) is 1.47. The third-order valence-electron chi connectivity index (χ3n) is 5.24. The van der Waals surface area contributed by atoms with Crippen molar-refractivity contribution in [2.75, 3.05) is 39.9 Å². The van der Waals surface area contributed by atoms with Gasteiger partial charge in [0.15, 0.2) is 0 Å². The molecule has 0 aromatic carbocycles. The number of amides is 1. The van der Waals surface area contributed by atoms with E-state index in [1.165, 1.54) is 4.90 Å². The van der Waals surface area contributed by atoms with Gasteiger partial charge in [-0.2, -0.15) is 0 Å². The van der Waals surface area contributed by atoms with Crippen molar-refractivity contribution in [3.8, 4) is 5.88 Å². The van der Waals surface area contributed by atoms with Crippen molar-refractivity contribution in [3.63, 3.8) is 0 Å². The highest BCUT2D eigenvalue weighted by molar-refractivity contribution is 5.78. The Morgan fingerprint density at radius 2 is 2.17 bits per heavy atom. The van der Waals surface area contributed by atoms with Crippen molar-refractivity contribution >= 4 is 17.1 Å². The molecule has 2 aromatic heterocycles. The Morgan fingerprint density at radius 3 is 2.83 bits per heavy atom. The summed E-state index contributed by atoms with van der Waals surface area (Å²) >= 11 is 0. The highest BCUT2D eigenvalue weighted by atomic mass is 16.5. The molecule has 0 unspecified atom stereocenters. The van der Waals surface area contributed by atoms with E-state index < -0.39 is 17.7 Å². The second-order valence-electron chi connectivity index (χ2n) is 8.45. The predicted octanol–water partition coefficient (Wildman–Crippen LogP) is 2.15. The summed E-state index contributed by atoms with van der Waals surface area (Å²) in [5, 5.41) is 20.5. The lowest BCUT2D eigenvalue weighted by molar-refractivity contribution is -0.0590. The van der Waals surface area contributed by atoms with E-state index in [2.05, 4.69) is 14.9 Å². The summed E-state index contributed by atoms with van der Waals surface area (Å²) in [4.78, 5) is 23.9. The fraction of sp³-hybridized carbons (Fsp3) is 0.571. The van der Waals surface area contributed by atoms with Crippen LogP contribution in [0.2, 0.25) is 0 Å². The number of aliphatic hydroxyl groups is 1. The summed E-state index contributed by atoms with van der Waals surface area (Å²) in [6, 6.07) is 5.32. The van der Waals surface area contributed by atoms with E-state index >= 15 is 0 Å². The summed E-state index contributed by atoms with van der Waals surface area (Å²) in [6.07, 6.45) is -0.335. The molecular formula is C21H30N4O5. The molecule has 0 spiro atoms. The maximum atomic E-state index is 11.6. The maximum absolute atomic E-state index is 11.6. The number of β-amino-alcohol motifs (C(OH)–C–C–N with tert-alkyl or cyclic N) is 1. The van der Waals surface area contributed by atoms with Crippen molar-refractivity contribution in [1.82, 2.24) is 19.8 Å². The van der Waals surface area contributed by atoms with E-state index in [1.807, 2.05) is 26.8 Å². The number of aromatic nitrogens is 2. The van der Waals surface area contributed by atoms with Crippen LogP contribution in [0.3, 0.4) is 0 Å². The number of nitrogens with zero attached hydrogens (tertiary/aromatic N) is 4. The topological polar surface area (TPSA) is 108 Å². The molecule has 3 rings (SSSR count). The van der Waals surface area contributed by atoms with Crippen molar-refractivity contribution in [2.24, 2.45) is 0 Å². The first-order valence-electron chi connectivity index (χ1n) is 10.0. The Morgan fingerprint density at radius 1 is 1.40 bits per heavy atom. The van der Waals surface area contributed by atoms with Crippen molar-refractivity contribution in [2.45, 2.75) is 38.5 Å². The van der Waals surface area contributed by atoms with Gasteiger partial charge in [-0.1, -0.05) is 0 Å². The number of methoxy groups -OCH3 is 1. The Balaban J connectivity index is 1.70. The van der Waals surface area contributed by atoms with Gasteiger partial charge in [0.05, 0.1) is 43.5 Å². The Bertz CT molecular complexity index is 885. The predicted molar refractivity (Wildman–Crippen MR) is 112 cm³/mol. The molecule has 30 heavy (non-hydrogen) atoms. The quantitative estimate of drug-likeness (QED) is 0.735. The number of ether oxygens (including phenoxy) is 2. The minimum Gasteiger partial charge on any atom is -0.481 e. The number of hydrogen-bond donors (Lipinski definition) is 2. The number of pyridine rings is 2. The Labute approximate surface area is 176 Å². The molecule has 2 aromatic rings. The molecule has 2 atom stereocenters. The summed E-state index contributed by atoms with van der Waals surface area (Å²) in [7, 11) is 1.55. The first kappa shape index (κ1) is 22.2. The maximum Gasteiger partial charge on any atom is 0.407 e. The average molecular weight is 418 g/mol. The number of carbonyl (C=O) groups is 1.